The molecule has 1 unspecified atom stereocenters. The van der Waals surface area contributed by atoms with E-state index in [1.807, 2.05) is 20.8 Å². The lowest BCUT2D eigenvalue weighted by molar-refractivity contribution is 0.0204. The second-order valence-corrected chi connectivity index (χ2v) is 9.34. The van der Waals surface area contributed by atoms with Crippen molar-refractivity contribution >= 4 is 23.7 Å². The van der Waals surface area contributed by atoms with Crippen LogP contribution < -0.4 is 0 Å². The van der Waals surface area contributed by atoms with Gasteiger partial charge in [0.2, 0.25) is 0 Å². The number of carbonyl (C=O) groups is 1. The van der Waals surface area contributed by atoms with Crippen molar-refractivity contribution in [2.24, 2.45) is 0 Å². The highest BCUT2D eigenvalue weighted by Crippen LogP contribution is 2.38. The van der Waals surface area contributed by atoms with Crippen LogP contribution in [0.1, 0.15) is 63.7 Å². The first-order valence-electron chi connectivity index (χ1n) is 11.1. The molecule has 1 fully saturated rings. The Morgan fingerprint density at radius 3 is 2.62 bits per heavy atom. The van der Waals surface area contributed by atoms with E-state index in [1.165, 1.54) is 18.2 Å². The van der Waals surface area contributed by atoms with E-state index in [2.05, 4.69) is 0 Å². The van der Waals surface area contributed by atoms with Gasteiger partial charge in [0.1, 0.15) is 23.3 Å². The Bertz CT molecular complexity index is 1050. The summed E-state index contributed by atoms with van der Waals surface area (Å²) in [5.41, 5.74) is 0.355. The molecule has 3 rings (SSSR count). The number of benzene rings is 2. The zero-order valence-corrected chi connectivity index (χ0v) is 19.2. The Morgan fingerprint density at radius 2 is 2.00 bits per heavy atom. The van der Waals surface area contributed by atoms with Gasteiger partial charge in [-0.3, -0.25) is 0 Å². The van der Waals surface area contributed by atoms with E-state index < -0.39 is 17.5 Å². The second kappa shape index (κ2) is 9.92. The van der Waals surface area contributed by atoms with Crippen LogP contribution in [0.4, 0.5) is 9.18 Å². The number of aromatic hydroxyl groups is 1. The molecular formula is C25H29ClFNO4. The fraction of sp³-hybridized carbons (Fsp3) is 0.400. The van der Waals surface area contributed by atoms with Gasteiger partial charge in [-0.2, -0.15) is 0 Å². The number of ether oxygens (including phenoxy) is 1. The lowest BCUT2D eigenvalue weighted by Gasteiger charge is -2.34. The number of nitrogens with zero attached hydrogens (tertiary/aromatic N) is 1. The third kappa shape index (κ3) is 6.02. The molecule has 0 radical (unpaired) electrons. The van der Waals surface area contributed by atoms with Gasteiger partial charge in [-0.05, 0) is 57.2 Å². The van der Waals surface area contributed by atoms with Crippen LogP contribution in [0.2, 0.25) is 5.02 Å². The number of hydrogen-bond donors (Lipinski definition) is 2. The largest absolute Gasteiger partial charge is 0.507 e. The van der Waals surface area contributed by atoms with Gasteiger partial charge in [0, 0.05) is 29.2 Å². The maximum atomic E-state index is 14.1. The summed E-state index contributed by atoms with van der Waals surface area (Å²) in [5, 5.41) is 21.7. The molecule has 1 aliphatic rings. The molecule has 5 nitrogen and oxygen atoms in total. The van der Waals surface area contributed by atoms with Crippen LogP contribution in [-0.4, -0.2) is 39.9 Å². The maximum Gasteiger partial charge on any atom is 0.410 e. The molecule has 32 heavy (non-hydrogen) atoms. The SMILES string of the molecule is [2H]/C(=C\C(O)c1cccc(C2CCN(C(=O)OC(C)(C)C)CC2)c1O)c1ccc(Cl)cc1F. The highest BCUT2D eigenvalue weighted by Gasteiger charge is 2.29. The molecular weight excluding hydrogens is 433 g/mol. The summed E-state index contributed by atoms with van der Waals surface area (Å²) in [7, 11) is 0. The number of para-hydroxylation sites is 1. The number of rotatable bonds is 4. The molecule has 0 saturated carbocycles. The van der Waals surface area contributed by atoms with E-state index in [9.17, 15) is 19.4 Å². The minimum Gasteiger partial charge on any atom is -0.507 e. The van der Waals surface area contributed by atoms with Crippen LogP contribution in [0, 0.1) is 5.82 Å². The lowest BCUT2D eigenvalue weighted by Crippen LogP contribution is -2.41. The van der Waals surface area contributed by atoms with Gasteiger partial charge in [0.05, 0.1) is 1.37 Å². The van der Waals surface area contributed by atoms with Crippen LogP contribution in [-0.2, 0) is 4.74 Å². The zero-order valence-electron chi connectivity index (χ0n) is 19.4. The molecule has 2 aromatic carbocycles. The number of halogens is 2. The number of piperidine rings is 1. The predicted octanol–water partition coefficient (Wildman–Crippen LogP) is 6.05. The van der Waals surface area contributed by atoms with Crippen molar-refractivity contribution in [3.05, 3.63) is 70.0 Å². The van der Waals surface area contributed by atoms with Crippen LogP contribution in [0.5, 0.6) is 5.75 Å². The lowest BCUT2D eigenvalue weighted by atomic mass is 9.87. The number of likely N-dealkylation sites (tertiary alicyclic amines) is 1. The second-order valence-electron chi connectivity index (χ2n) is 8.91. The molecule has 0 aromatic heterocycles. The highest BCUT2D eigenvalue weighted by molar-refractivity contribution is 6.30. The number of carbonyl (C=O) groups excluding carboxylic acids is 1. The van der Waals surface area contributed by atoms with Crippen LogP contribution in [0.3, 0.4) is 0 Å². The van der Waals surface area contributed by atoms with E-state index in [1.54, 1.807) is 23.1 Å². The van der Waals surface area contributed by atoms with Crippen LogP contribution in [0.15, 0.2) is 42.5 Å². The summed E-state index contributed by atoms with van der Waals surface area (Å²) in [4.78, 5) is 14.0. The molecule has 2 aromatic rings. The Hall–Kier alpha value is -2.57. The molecule has 1 amide bonds. The van der Waals surface area contributed by atoms with Gasteiger partial charge in [0.25, 0.3) is 0 Å². The van der Waals surface area contributed by atoms with Crippen molar-refractivity contribution in [2.75, 3.05) is 13.1 Å². The van der Waals surface area contributed by atoms with Crippen molar-refractivity contribution in [1.82, 2.24) is 4.90 Å². The molecule has 1 saturated heterocycles. The monoisotopic (exact) mass is 462 g/mol. The van der Waals surface area contributed by atoms with Crippen molar-refractivity contribution in [2.45, 2.75) is 51.2 Å². The summed E-state index contributed by atoms with van der Waals surface area (Å²) in [6, 6.07) is 8.83. The van der Waals surface area contributed by atoms with Crippen molar-refractivity contribution in [3.63, 3.8) is 0 Å². The number of aliphatic hydroxyl groups excluding tert-OH is 1. The summed E-state index contributed by atoms with van der Waals surface area (Å²) < 4.78 is 27.7. The van der Waals surface area contributed by atoms with Gasteiger partial charge >= 0.3 is 6.09 Å². The topological polar surface area (TPSA) is 70.0 Å². The summed E-state index contributed by atoms with van der Waals surface area (Å²) in [6.45, 7) is 6.47. The van der Waals surface area contributed by atoms with E-state index in [-0.39, 0.29) is 40.0 Å². The molecule has 1 atom stereocenters. The minimum atomic E-state index is -1.30. The summed E-state index contributed by atoms with van der Waals surface area (Å²) in [6.07, 6.45) is 0.811. The predicted molar refractivity (Wildman–Crippen MR) is 123 cm³/mol. The molecule has 0 spiro atoms. The average Bonchev–Trinajstić information content (AvgIpc) is 2.72. The van der Waals surface area contributed by atoms with Crippen molar-refractivity contribution in [3.8, 4) is 5.75 Å². The fourth-order valence-electron chi connectivity index (χ4n) is 3.71. The minimum absolute atomic E-state index is 0.00334. The number of hydrogen-bond acceptors (Lipinski definition) is 4. The quantitative estimate of drug-likeness (QED) is 0.580. The van der Waals surface area contributed by atoms with Gasteiger partial charge < -0.3 is 19.8 Å². The highest BCUT2D eigenvalue weighted by atomic mass is 35.5. The molecule has 1 heterocycles. The Labute approximate surface area is 194 Å². The van der Waals surface area contributed by atoms with Gasteiger partial charge in [-0.1, -0.05) is 48.0 Å². The third-order valence-electron chi connectivity index (χ3n) is 5.33. The molecule has 0 bridgehead atoms. The third-order valence-corrected chi connectivity index (χ3v) is 5.57. The fourth-order valence-corrected chi connectivity index (χ4v) is 3.87. The Morgan fingerprint density at radius 1 is 1.31 bits per heavy atom. The molecule has 1 aliphatic heterocycles. The van der Waals surface area contributed by atoms with Gasteiger partial charge in [-0.25, -0.2) is 9.18 Å². The van der Waals surface area contributed by atoms with Crippen LogP contribution in [0.25, 0.3) is 6.05 Å². The zero-order chi connectivity index (χ0) is 24.3. The van der Waals surface area contributed by atoms with E-state index in [0.717, 1.165) is 6.07 Å². The Kier molecular flexibility index (Phi) is 7.01. The van der Waals surface area contributed by atoms with E-state index in [0.29, 0.717) is 31.5 Å². The first-order chi connectivity index (χ1) is 15.5. The molecule has 7 heteroatoms. The molecule has 0 aliphatic carbocycles. The van der Waals surface area contributed by atoms with Crippen molar-refractivity contribution in [1.29, 1.82) is 0 Å². The summed E-state index contributed by atoms with van der Waals surface area (Å²) >= 11 is 5.76. The van der Waals surface area contributed by atoms with E-state index >= 15 is 0 Å². The Balaban J connectivity index is 1.74. The average molecular weight is 463 g/mol. The summed E-state index contributed by atoms with van der Waals surface area (Å²) in [5.74, 6) is -0.712. The standard InChI is InChI=1S/C25H29ClFNO4/c1-25(2,3)32-24(31)28-13-11-16(12-14-28)19-5-4-6-20(23(19)30)22(29)10-8-17-7-9-18(26)15-21(17)27/h4-10,15-16,22,29-30H,11-14H2,1-3H3/b10-8+/i8D. The van der Waals surface area contributed by atoms with Gasteiger partial charge in [-0.15, -0.1) is 0 Å². The van der Waals surface area contributed by atoms with Gasteiger partial charge in [0.15, 0.2) is 0 Å². The molecule has 2 N–H and O–H groups in total. The van der Waals surface area contributed by atoms with Crippen LogP contribution >= 0.6 is 11.6 Å². The number of amides is 1. The number of phenols is 1. The smallest absolute Gasteiger partial charge is 0.410 e. The first kappa shape index (κ1) is 22.6. The normalized spacial score (nSPS) is 17.1. The van der Waals surface area contributed by atoms with E-state index in [4.69, 9.17) is 17.7 Å². The first-order valence-corrected chi connectivity index (χ1v) is 11.0. The number of aliphatic hydroxyl groups is 1. The number of phenolic OH excluding ortho intramolecular Hbond substituents is 1. The van der Waals surface area contributed by atoms with Crippen molar-refractivity contribution < 1.29 is 25.5 Å². The maximum absolute atomic E-state index is 14.1. The molecule has 172 valence electrons.